The van der Waals surface area contributed by atoms with Gasteiger partial charge in [0, 0.05) is 38.3 Å². The Bertz CT molecular complexity index is 1380. The second kappa shape index (κ2) is 10.2. The molecule has 10 heteroatoms. The molecule has 3 heterocycles. The van der Waals surface area contributed by atoms with E-state index in [0.717, 1.165) is 16.3 Å². The van der Waals surface area contributed by atoms with Gasteiger partial charge in [0.05, 0.1) is 27.8 Å². The van der Waals surface area contributed by atoms with Crippen molar-refractivity contribution in [2.24, 2.45) is 0 Å². The summed E-state index contributed by atoms with van der Waals surface area (Å²) in [6.07, 6.45) is 0. The van der Waals surface area contributed by atoms with Gasteiger partial charge in [0.25, 0.3) is 11.6 Å². The molecule has 1 fully saturated rings. The summed E-state index contributed by atoms with van der Waals surface area (Å²) < 4.78 is 7.30. The number of nitro groups is 1. The van der Waals surface area contributed by atoms with Gasteiger partial charge in [-0.1, -0.05) is 24.3 Å². The first kappa shape index (κ1) is 23.6. The van der Waals surface area contributed by atoms with Crippen molar-refractivity contribution in [3.05, 3.63) is 87.9 Å². The Morgan fingerprint density at radius 3 is 2.58 bits per heavy atom. The standard InChI is InChI=1S/C26H25N5O4S/c1-2-35-24-10-4-3-9-22(24)28-12-14-29(15-13-28)26(32)23-18-21(25-11-6-16-36-25)27-30(23)19-7-5-8-20(17-19)31(33)34/h3-11,16-18H,2,12-15H2,1H3. The molecule has 1 aliphatic heterocycles. The van der Waals surface area contributed by atoms with E-state index in [0.29, 0.717) is 49.9 Å². The summed E-state index contributed by atoms with van der Waals surface area (Å²) in [4.78, 5) is 29.5. The molecule has 0 saturated carbocycles. The summed E-state index contributed by atoms with van der Waals surface area (Å²) in [5.41, 5.74) is 2.47. The molecule has 0 atom stereocenters. The van der Waals surface area contributed by atoms with Crippen LogP contribution in [0.1, 0.15) is 17.4 Å². The van der Waals surface area contributed by atoms with Gasteiger partial charge in [0.1, 0.15) is 17.1 Å². The smallest absolute Gasteiger partial charge is 0.272 e. The van der Waals surface area contributed by atoms with E-state index in [1.807, 2.05) is 53.6 Å². The summed E-state index contributed by atoms with van der Waals surface area (Å²) >= 11 is 1.52. The highest BCUT2D eigenvalue weighted by molar-refractivity contribution is 7.13. The Balaban J connectivity index is 1.42. The summed E-state index contributed by atoms with van der Waals surface area (Å²) in [5, 5.41) is 18.0. The third-order valence-electron chi connectivity index (χ3n) is 6.06. The van der Waals surface area contributed by atoms with Crippen molar-refractivity contribution in [1.82, 2.24) is 14.7 Å². The van der Waals surface area contributed by atoms with Crippen LogP contribution in [0.25, 0.3) is 16.3 Å². The highest BCUT2D eigenvalue weighted by Gasteiger charge is 2.27. The minimum atomic E-state index is -0.450. The predicted molar refractivity (Wildman–Crippen MR) is 139 cm³/mol. The number of nitrogens with zero attached hydrogens (tertiary/aromatic N) is 5. The molecule has 184 valence electrons. The summed E-state index contributed by atoms with van der Waals surface area (Å²) in [5.74, 6) is 0.679. The number of carbonyl (C=O) groups excluding carboxylic acids is 1. The van der Waals surface area contributed by atoms with E-state index in [1.54, 1.807) is 18.2 Å². The first-order chi connectivity index (χ1) is 17.5. The fourth-order valence-electron chi connectivity index (χ4n) is 4.32. The number of benzene rings is 2. The lowest BCUT2D eigenvalue weighted by Crippen LogP contribution is -2.49. The zero-order chi connectivity index (χ0) is 25.1. The third kappa shape index (κ3) is 4.67. The Kier molecular flexibility index (Phi) is 6.68. The molecule has 36 heavy (non-hydrogen) atoms. The molecule has 2 aromatic heterocycles. The normalized spacial score (nSPS) is 13.6. The number of piperazine rings is 1. The van der Waals surface area contributed by atoms with Gasteiger partial charge in [-0.05, 0) is 42.6 Å². The van der Waals surface area contributed by atoms with Gasteiger partial charge in [0.2, 0.25) is 0 Å². The molecule has 2 aromatic carbocycles. The van der Waals surface area contributed by atoms with Gasteiger partial charge in [-0.15, -0.1) is 11.3 Å². The lowest BCUT2D eigenvalue weighted by Gasteiger charge is -2.36. The molecule has 1 amide bonds. The Morgan fingerprint density at radius 2 is 1.86 bits per heavy atom. The minimum absolute atomic E-state index is 0.0550. The highest BCUT2D eigenvalue weighted by atomic mass is 32.1. The second-order valence-corrected chi connectivity index (χ2v) is 9.21. The van der Waals surface area contributed by atoms with Crippen molar-refractivity contribution in [1.29, 1.82) is 0 Å². The number of hydrogen-bond acceptors (Lipinski definition) is 7. The van der Waals surface area contributed by atoms with Crippen LogP contribution in [-0.4, -0.2) is 58.3 Å². The molecule has 1 saturated heterocycles. The molecule has 1 aliphatic rings. The van der Waals surface area contributed by atoms with Crippen molar-refractivity contribution in [3.63, 3.8) is 0 Å². The van der Waals surface area contributed by atoms with E-state index in [-0.39, 0.29) is 11.6 Å². The quantitative estimate of drug-likeness (QED) is 0.264. The summed E-state index contributed by atoms with van der Waals surface area (Å²) in [6.45, 7) is 4.95. The number of non-ortho nitro benzene ring substituents is 1. The van der Waals surface area contributed by atoms with Crippen LogP contribution in [0.5, 0.6) is 5.75 Å². The Hall–Kier alpha value is -4.18. The molecule has 0 unspecified atom stereocenters. The zero-order valence-corrected chi connectivity index (χ0v) is 20.6. The number of amides is 1. The second-order valence-electron chi connectivity index (χ2n) is 8.26. The number of para-hydroxylation sites is 2. The third-order valence-corrected chi connectivity index (χ3v) is 6.95. The number of ether oxygens (including phenoxy) is 1. The van der Waals surface area contributed by atoms with E-state index < -0.39 is 4.92 Å². The lowest BCUT2D eigenvalue weighted by molar-refractivity contribution is -0.384. The van der Waals surface area contributed by atoms with Crippen molar-refractivity contribution < 1.29 is 14.5 Å². The van der Waals surface area contributed by atoms with E-state index in [2.05, 4.69) is 10.00 Å². The minimum Gasteiger partial charge on any atom is -0.492 e. The van der Waals surface area contributed by atoms with Gasteiger partial charge < -0.3 is 14.5 Å². The first-order valence-electron chi connectivity index (χ1n) is 11.7. The maximum atomic E-state index is 13.7. The fourth-order valence-corrected chi connectivity index (χ4v) is 5.00. The Labute approximate surface area is 212 Å². The maximum Gasteiger partial charge on any atom is 0.272 e. The van der Waals surface area contributed by atoms with Crippen molar-refractivity contribution in [3.8, 4) is 22.0 Å². The Morgan fingerprint density at radius 1 is 1.06 bits per heavy atom. The van der Waals surface area contributed by atoms with Gasteiger partial charge in [-0.3, -0.25) is 14.9 Å². The molecule has 0 N–H and O–H groups in total. The highest BCUT2D eigenvalue weighted by Crippen LogP contribution is 2.30. The maximum absolute atomic E-state index is 13.7. The van der Waals surface area contributed by atoms with Crippen LogP contribution in [0.4, 0.5) is 11.4 Å². The van der Waals surface area contributed by atoms with Crippen molar-refractivity contribution >= 4 is 28.6 Å². The van der Waals surface area contributed by atoms with Gasteiger partial charge in [-0.2, -0.15) is 5.10 Å². The van der Waals surface area contributed by atoms with E-state index in [9.17, 15) is 14.9 Å². The fraction of sp³-hybridized carbons (Fsp3) is 0.231. The summed E-state index contributed by atoms with van der Waals surface area (Å²) in [7, 11) is 0. The average molecular weight is 504 g/mol. The molecular formula is C26H25N5O4S. The van der Waals surface area contributed by atoms with Crippen LogP contribution >= 0.6 is 11.3 Å². The number of rotatable bonds is 7. The van der Waals surface area contributed by atoms with E-state index >= 15 is 0 Å². The van der Waals surface area contributed by atoms with Crippen molar-refractivity contribution in [2.45, 2.75) is 6.92 Å². The molecule has 4 aromatic rings. The van der Waals surface area contributed by atoms with Crippen LogP contribution in [0.2, 0.25) is 0 Å². The topological polar surface area (TPSA) is 93.7 Å². The van der Waals surface area contributed by atoms with Crippen LogP contribution in [0, 0.1) is 10.1 Å². The SMILES string of the molecule is CCOc1ccccc1N1CCN(C(=O)c2cc(-c3cccs3)nn2-c2cccc([N+](=O)[O-])c2)CC1. The van der Waals surface area contributed by atoms with Gasteiger partial charge in [-0.25, -0.2) is 4.68 Å². The molecule has 5 rings (SSSR count). The van der Waals surface area contributed by atoms with Gasteiger partial charge in [0.15, 0.2) is 0 Å². The van der Waals surface area contributed by atoms with Crippen LogP contribution in [-0.2, 0) is 0 Å². The zero-order valence-electron chi connectivity index (χ0n) is 19.7. The first-order valence-corrected chi connectivity index (χ1v) is 12.6. The van der Waals surface area contributed by atoms with E-state index in [1.165, 1.54) is 28.2 Å². The number of thiophene rings is 1. The molecule has 9 nitrogen and oxygen atoms in total. The number of nitro benzene ring substituents is 1. The molecule has 0 aliphatic carbocycles. The number of anilines is 1. The largest absolute Gasteiger partial charge is 0.492 e. The predicted octanol–water partition coefficient (Wildman–Crippen LogP) is 4.87. The monoisotopic (exact) mass is 503 g/mol. The van der Waals surface area contributed by atoms with Crippen LogP contribution in [0.15, 0.2) is 72.1 Å². The van der Waals surface area contributed by atoms with Gasteiger partial charge >= 0.3 is 0 Å². The van der Waals surface area contributed by atoms with Crippen molar-refractivity contribution in [2.75, 3.05) is 37.7 Å². The molecule has 0 spiro atoms. The number of carbonyl (C=O) groups is 1. The number of aromatic nitrogens is 2. The van der Waals surface area contributed by atoms with E-state index in [4.69, 9.17) is 4.74 Å². The van der Waals surface area contributed by atoms with Crippen LogP contribution < -0.4 is 9.64 Å². The lowest BCUT2D eigenvalue weighted by atomic mass is 10.2. The number of hydrogen-bond donors (Lipinski definition) is 0. The molecular weight excluding hydrogens is 478 g/mol. The molecule has 0 radical (unpaired) electrons. The molecule has 0 bridgehead atoms. The van der Waals surface area contributed by atoms with Crippen LogP contribution in [0.3, 0.4) is 0 Å². The average Bonchev–Trinajstić information content (AvgIpc) is 3.60. The summed E-state index contributed by atoms with van der Waals surface area (Å²) in [6, 6.07) is 19.7.